The van der Waals surface area contributed by atoms with Crippen LogP contribution >= 0.6 is 0 Å². The van der Waals surface area contributed by atoms with Gasteiger partial charge < -0.3 is 9.47 Å². The lowest BCUT2D eigenvalue weighted by Gasteiger charge is -2.09. The van der Waals surface area contributed by atoms with Gasteiger partial charge in [0, 0.05) is 5.56 Å². The Morgan fingerprint density at radius 1 is 1.24 bits per heavy atom. The van der Waals surface area contributed by atoms with E-state index in [1.807, 2.05) is 0 Å². The number of hydrogen-bond acceptors (Lipinski definition) is 8. The second-order valence-electron chi connectivity index (χ2n) is 5.93. The van der Waals surface area contributed by atoms with E-state index in [0.29, 0.717) is 22.8 Å². The minimum absolute atomic E-state index is 0.0253. The van der Waals surface area contributed by atoms with Gasteiger partial charge in [-0.05, 0) is 32.0 Å². The van der Waals surface area contributed by atoms with Gasteiger partial charge in [-0.3, -0.25) is 14.6 Å². The molecule has 2 N–H and O–H groups in total. The Morgan fingerprint density at radius 2 is 2.03 bits per heavy atom. The summed E-state index contributed by atoms with van der Waals surface area (Å²) in [6.45, 7) is 3.23. The Morgan fingerprint density at radius 3 is 2.72 bits per heavy atom. The molecule has 1 aromatic carbocycles. The second-order valence-corrected chi connectivity index (χ2v) is 5.93. The highest BCUT2D eigenvalue weighted by Crippen LogP contribution is 2.29. The number of benzene rings is 1. The standard InChI is InChI=1S/C18H19N7O4/c1-10-8-13(25(24-10)18-20-16(26)11(2)21-23-18)17(27)22-19-9-12-6-5-7-14(28-3)15(12)29-4/h5-9H,1-4H3,(H,22,27)(H,20,23,26)/b19-9-. The van der Waals surface area contributed by atoms with Crippen molar-refractivity contribution >= 4 is 12.1 Å². The summed E-state index contributed by atoms with van der Waals surface area (Å²) in [5.74, 6) is 0.504. The lowest BCUT2D eigenvalue weighted by molar-refractivity contribution is 0.0947. The average molecular weight is 397 g/mol. The van der Waals surface area contributed by atoms with Crippen molar-refractivity contribution in [3.8, 4) is 17.4 Å². The monoisotopic (exact) mass is 397 g/mol. The molecule has 0 fully saturated rings. The van der Waals surface area contributed by atoms with E-state index < -0.39 is 11.5 Å². The molecule has 11 nitrogen and oxygen atoms in total. The lowest BCUT2D eigenvalue weighted by atomic mass is 10.2. The second kappa shape index (κ2) is 8.33. The van der Waals surface area contributed by atoms with Gasteiger partial charge in [-0.2, -0.15) is 14.9 Å². The maximum absolute atomic E-state index is 12.6. The number of H-pyrrole nitrogens is 1. The van der Waals surface area contributed by atoms with Crippen LogP contribution in [0.3, 0.4) is 0 Å². The topological polar surface area (TPSA) is 136 Å². The van der Waals surface area contributed by atoms with Crippen molar-refractivity contribution in [2.24, 2.45) is 5.10 Å². The minimum Gasteiger partial charge on any atom is -0.493 e. The minimum atomic E-state index is -0.549. The van der Waals surface area contributed by atoms with Crippen LogP contribution in [0.5, 0.6) is 11.5 Å². The van der Waals surface area contributed by atoms with Crippen LogP contribution in [-0.4, -0.2) is 51.3 Å². The highest BCUT2D eigenvalue weighted by molar-refractivity contribution is 5.94. The number of aryl methyl sites for hydroxylation is 2. The fourth-order valence-corrected chi connectivity index (χ4v) is 2.53. The molecule has 0 saturated carbocycles. The molecule has 0 aliphatic heterocycles. The molecule has 0 spiro atoms. The van der Waals surface area contributed by atoms with Gasteiger partial charge in [0.25, 0.3) is 17.4 Å². The Bertz CT molecular complexity index is 1130. The van der Waals surface area contributed by atoms with E-state index in [1.165, 1.54) is 38.1 Å². The number of hydrazone groups is 1. The van der Waals surface area contributed by atoms with E-state index >= 15 is 0 Å². The number of ether oxygens (including phenoxy) is 2. The third kappa shape index (κ3) is 4.13. The zero-order chi connectivity index (χ0) is 21.0. The molecule has 0 aliphatic carbocycles. The van der Waals surface area contributed by atoms with E-state index in [4.69, 9.17) is 9.47 Å². The zero-order valence-corrected chi connectivity index (χ0v) is 16.3. The molecule has 3 rings (SSSR count). The molecule has 0 radical (unpaired) electrons. The molecule has 150 valence electrons. The van der Waals surface area contributed by atoms with Crippen molar-refractivity contribution in [1.82, 2.24) is 30.4 Å². The van der Waals surface area contributed by atoms with Crippen molar-refractivity contribution in [2.45, 2.75) is 13.8 Å². The summed E-state index contributed by atoms with van der Waals surface area (Å²) >= 11 is 0. The molecule has 11 heteroatoms. The van der Waals surface area contributed by atoms with Gasteiger partial charge in [-0.25, -0.2) is 5.43 Å². The van der Waals surface area contributed by atoms with Gasteiger partial charge in [-0.15, -0.1) is 10.2 Å². The maximum atomic E-state index is 12.6. The quantitative estimate of drug-likeness (QED) is 0.462. The molecule has 3 aromatic rings. The first-order valence-corrected chi connectivity index (χ1v) is 8.49. The molecule has 2 heterocycles. The van der Waals surface area contributed by atoms with Gasteiger partial charge in [-0.1, -0.05) is 6.07 Å². The fraction of sp³-hybridized carbons (Fsp3) is 0.222. The predicted octanol–water partition coefficient (Wildman–Crippen LogP) is 0.749. The van der Waals surface area contributed by atoms with E-state index in [9.17, 15) is 9.59 Å². The first-order valence-electron chi connectivity index (χ1n) is 8.49. The molecule has 29 heavy (non-hydrogen) atoms. The predicted molar refractivity (Wildman–Crippen MR) is 104 cm³/mol. The molecule has 0 bridgehead atoms. The first kappa shape index (κ1) is 19.7. The highest BCUT2D eigenvalue weighted by atomic mass is 16.5. The smallest absolute Gasteiger partial charge is 0.290 e. The van der Waals surface area contributed by atoms with Crippen LogP contribution in [0.1, 0.15) is 27.4 Å². The van der Waals surface area contributed by atoms with Gasteiger partial charge in [0.15, 0.2) is 11.5 Å². The number of methoxy groups -OCH3 is 2. The fourth-order valence-electron chi connectivity index (χ4n) is 2.53. The number of rotatable bonds is 6. The molecule has 0 unspecified atom stereocenters. The Hall–Kier alpha value is -4.02. The van der Waals surface area contributed by atoms with Gasteiger partial charge in [0.1, 0.15) is 11.4 Å². The number of carbonyl (C=O) groups excluding carboxylic acids is 1. The summed E-state index contributed by atoms with van der Waals surface area (Å²) in [4.78, 5) is 26.9. The number of amides is 1. The zero-order valence-electron chi connectivity index (χ0n) is 16.3. The Labute approximate surface area is 165 Å². The number of aromatic amines is 1. The van der Waals surface area contributed by atoms with E-state index in [1.54, 1.807) is 25.1 Å². The average Bonchev–Trinajstić information content (AvgIpc) is 3.11. The van der Waals surface area contributed by atoms with E-state index in [2.05, 4.69) is 30.8 Å². The van der Waals surface area contributed by atoms with Crippen LogP contribution in [0, 0.1) is 13.8 Å². The molecule has 0 atom stereocenters. The maximum Gasteiger partial charge on any atom is 0.290 e. The number of hydrogen-bond donors (Lipinski definition) is 2. The van der Waals surface area contributed by atoms with Crippen molar-refractivity contribution in [3.05, 3.63) is 57.3 Å². The number of para-hydroxylation sites is 1. The summed E-state index contributed by atoms with van der Waals surface area (Å²) in [5, 5.41) is 15.8. The number of carbonyl (C=O) groups is 1. The molecular formula is C18H19N7O4. The van der Waals surface area contributed by atoms with Crippen LogP contribution in [0.4, 0.5) is 0 Å². The van der Waals surface area contributed by atoms with Crippen molar-refractivity contribution in [3.63, 3.8) is 0 Å². The van der Waals surface area contributed by atoms with Crippen LogP contribution in [0.15, 0.2) is 34.2 Å². The third-order valence-corrected chi connectivity index (χ3v) is 3.92. The number of nitrogens with zero attached hydrogens (tertiary/aromatic N) is 5. The van der Waals surface area contributed by atoms with E-state index in [-0.39, 0.29) is 17.3 Å². The summed E-state index contributed by atoms with van der Waals surface area (Å²) in [7, 11) is 3.04. The molecular weight excluding hydrogens is 378 g/mol. The molecule has 0 saturated heterocycles. The normalized spacial score (nSPS) is 10.9. The summed E-state index contributed by atoms with van der Waals surface area (Å²) < 4.78 is 11.7. The summed E-state index contributed by atoms with van der Waals surface area (Å²) in [6, 6.07) is 6.82. The summed E-state index contributed by atoms with van der Waals surface area (Å²) in [6.07, 6.45) is 1.43. The van der Waals surface area contributed by atoms with Gasteiger partial charge in [0.05, 0.1) is 26.1 Å². The van der Waals surface area contributed by atoms with Crippen LogP contribution in [0.2, 0.25) is 0 Å². The molecule has 1 amide bonds. The van der Waals surface area contributed by atoms with Gasteiger partial charge in [0.2, 0.25) is 0 Å². The Kier molecular flexibility index (Phi) is 5.67. The molecule has 0 aliphatic rings. The number of nitrogens with one attached hydrogen (secondary N) is 2. The third-order valence-electron chi connectivity index (χ3n) is 3.92. The first-order chi connectivity index (χ1) is 13.9. The SMILES string of the molecule is COc1cccc(/C=N\NC(=O)c2cc(C)nn2-c2nnc(C)c(=O)[nH]2)c1OC. The van der Waals surface area contributed by atoms with Crippen LogP contribution in [-0.2, 0) is 0 Å². The molecule has 2 aromatic heterocycles. The Balaban J connectivity index is 1.85. The lowest BCUT2D eigenvalue weighted by Crippen LogP contribution is -2.24. The van der Waals surface area contributed by atoms with E-state index in [0.717, 1.165) is 0 Å². The summed E-state index contributed by atoms with van der Waals surface area (Å²) in [5.41, 5.74) is 3.51. The van der Waals surface area contributed by atoms with Crippen LogP contribution < -0.4 is 20.5 Å². The highest BCUT2D eigenvalue weighted by Gasteiger charge is 2.17. The van der Waals surface area contributed by atoms with Crippen molar-refractivity contribution in [1.29, 1.82) is 0 Å². The van der Waals surface area contributed by atoms with Gasteiger partial charge >= 0.3 is 0 Å². The van der Waals surface area contributed by atoms with Crippen molar-refractivity contribution < 1.29 is 14.3 Å². The largest absolute Gasteiger partial charge is 0.493 e. The van der Waals surface area contributed by atoms with Crippen molar-refractivity contribution in [2.75, 3.05) is 14.2 Å². The van der Waals surface area contributed by atoms with Crippen LogP contribution in [0.25, 0.3) is 5.95 Å². The number of aromatic nitrogens is 5.